The molecule has 28 heavy (non-hydrogen) atoms. The van der Waals surface area contributed by atoms with Crippen molar-refractivity contribution in [1.82, 2.24) is 25.6 Å². The number of carbonyl (C=O) groups is 2. The number of rotatable bonds is 6. The van der Waals surface area contributed by atoms with Gasteiger partial charge in [-0.2, -0.15) is 5.10 Å². The molecule has 2 heterocycles. The Morgan fingerprint density at radius 2 is 2.04 bits per heavy atom. The van der Waals surface area contributed by atoms with E-state index in [4.69, 9.17) is 0 Å². The SMILES string of the molecule is CC1C(=O)N(CC(=O)NCc2ccncn2)N=CC1NC1C2CCCC1CC2. The molecule has 0 radical (unpaired) electrons. The van der Waals surface area contributed by atoms with Crippen LogP contribution >= 0.6 is 0 Å². The summed E-state index contributed by atoms with van der Waals surface area (Å²) in [4.78, 5) is 32.8. The Kier molecular flexibility index (Phi) is 5.66. The number of hydrogen-bond donors (Lipinski definition) is 2. The largest absolute Gasteiger partial charge is 0.349 e. The minimum atomic E-state index is -0.256. The zero-order chi connectivity index (χ0) is 19.5. The van der Waals surface area contributed by atoms with Crippen molar-refractivity contribution in [3.05, 3.63) is 24.3 Å². The van der Waals surface area contributed by atoms with E-state index in [-0.39, 0.29) is 30.3 Å². The molecule has 4 atom stereocenters. The molecule has 1 aliphatic heterocycles. The molecule has 0 aromatic carbocycles. The first kappa shape index (κ1) is 19.0. The van der Waals surface area contributed by atoms with E-state index in [2.05, 4.69) is 25.7 Å². The summed E-state index contributed by atoms with van der Waals surface area (Å²) in [6.07, 6.45) is 11.4. The van der Waals surface area contributed by atoms with Gasteiger partial charge in [-0.15, -0.1) is 0 Å². The average molecular weight is 384 g/mol. The van der Waals surface area contributed by atoms with Gasteiger partial charge in [0.2, 0.25) is 11.8 Å². The molecule has 0 saturated heterocycles. The molecule has 2 bridgehead atoms. The van der Waals surface area contributed by atoms with E-state index < -0.39 is 0 Å². The molecule has 4 unspecified atom stereocenters. The van der Waals surface area contributed by atoms with E-state index >= 15 is 0 Å². The highest BCUT2D eigenvalue weighted by atomic mass is 16.2. The van der Waals surface area contributed by atoms with Gasteiger partial charge in [0.05, 0.1) is 24.2 Å². The molecule has 8 heteroatoms. The van der Waals surface area contributed by atoms with Crippen LogP contribution in [0.5, 0.6) is 0 Å². The van der Waals surface area contributed by atoms with Gasteiger partial charge in [0.1, 0.15) is 12.9 Å². The Labute approximate surface area is 165 Å². The Hall–Kier alpha value is -2.35. The van der Waals surface area contributed by atoms with Crippen molar-refractivity contribution < 1.29 is 9.59 Å². The van der Waals surface area contributed by atoms with Gasteiger partial charge in [-0.05, 0) is 43.6 Å². The average Bonchev–Trinajstić information content (AvgIpc) is 2.92. The van der Waals surface area contributed by atoms with Gasteiger partial charge in [-0.25, -0.2) is 15.0 Å². The number of fused-ring (bicyclic) bond motifs is 2. The summed E-state index contributed by atoms with van der Waals surface area (Å²) in [5, 5.41) is 12.0. The van der Waals surface area contributed by atoms with E-state index in [0.717, 1.165) is 17.5 Å². The summed E-state index contributed by atoms with van der Waals surface area (Å²) < 4.78 is 0. The molecule has 2 fully saturated rings. The number of carbonyl (C=O) groups excluding carboxylic acids is 2. The second kappa shape index (κ2) is 8.34. The van der Waals surface area contributed by atoms with Crippen LogP contribution in [0.1, 0.15) is 44.7 Å². The molecule has 2 amide bonds. The van der Waals surface area contributed by atoms with Crippen molar-refractivity contribution in [2.24, 2.45) is 22.9 Å². The predicted molar refractivity (Wildman–Crippen MR) is 104 cm³/mol. The molecule has 0 spiro atoms. The van der Waals surface area contributed by atoms with Crippen molar-refractivity contribution in [3.8, 4) is 0 Å². The maximum atomic E-state index is 12.7. The van der Waals surface area contributed by atoms with Gasteiger partial charge in [0.15, 0.2) is 0 Å². The van der Waals surface area contributed by atoms with E-state index in [1.54, 1.807) is 18.5 Å². The predicted octanol–water partition coefficient (Wildman–Crippen LogP) is 1.09. The van der Waals surface area contributed by atoms with Crippen LogP contribution in [-0.4, -0.2) is 51.6 Å². The normalized spacial score (nSPS) is 31.8. The highest BCUT2D eigenvalue weighted by Crippen LogP contribution is 2.42. The molecule has 2 aliphatic carbocycles. The zero-order valence-corrected chi connectivity index (χ0v) is 16.3. The first-order valence-electron chi connectivity index (χ1n) is 10.2. The molecule has 2 saturated carbocycles. The second-order valence-corrected chi connectivity index (χ2v) is 8.17. The third kappa shape index (κ3) is 4.06. The third-order valence-corrected chi connectivity index (χ3v) is 6.41. The Morgan fingerprint density at radius 1 is 1.25 bits per heavy atom. The minimum absolute atomic E-state index is 0.0565. The fourth-order valence-corrected chi connectivity index (χ4v) is 4.79. The summed E-state index contributed by atoms with van der Waals surface area (Å²) in [6.45, 7) is 2.14. The van der Waals surface area contributed by atoms with Gasteiger partial charge in [-0.1, -0.05) is 13.3 Å². The van der Waals surface area contributed by atoms with E-state index in [1.165, 1.54) is 43.4 Å². The van der Waals surface area contributed by atoms with Crippen molar-refractivity contribution in [3.63, 3.8) is 0 Å². The summed E-state index contributed by atoms with van der Waals surface area (Å²) in [5.74, 6) is 0.877. The number of nitrogens with one attached hydrogen (secondary N) is 2. The molecule has 1 aromatic rings. The van der Waals surface area contributed by atoms with E-state index in [1.807, 2.05) is 6.92 Å². The molecule has 8 nitrogen and oxygen atoms in total. The number of amides is 2. The first-order valence-corrected chi connectivity index (χ1v) is 10.2. The van der Waals surface area contributed by atoms with Crippen molar-refractivity contribution in [2.45, 2.75) is 57.7 Å². The van der Waals surface area contributed by atoms with Gasteiger partial charge < -0.3 is 10.6 Å². The van der Waals surface area contributed by atoms with Gasteiger partial charge in [0.25, 0.3) is 0 Å². The fourth-order valence-electron chi connectivity index (χ4n) is 4.79. The summed E-state index contributed by atoms with van der Waals surface area (Å²) >= 11 is 0. The topological polar surface area (TPSA) is 99.6 Å². The number of hydrogen-bond acceptors (Lipinski definition) is 6. The molecule has 3 aliphatic rings. The maximum Gasteiger partial charge on any atom is 0.247 e. The summed E-state index contributed by atoms with van der Waals surface area (Å²) in [5.41, 5.74) is 0.719. The summed E-state index contributed by atoms with van der Waals surface area (Å²) in [6, 6.07) is 2.18. The Balaban J connectivity index is 1.31. The maximum absolute atomic E-state index is 12.7. The zero-order valence-electron chi connectivity index (χ0n) is 16.3. The van der Waals surface area contributed by atoms with Crippen LogP contribution in [-0.2, 0) is 16.1 Å². The van der Waals surface area contributed by atoms with Crippen LogP contribution in [0, 0.1) is 17.8 Å². The first-order chi connectivity index (χ1) is 13.6. The van der Waals surface area contributed by atoms with Gasteiger partial charge in [-0.3, -0.25) is 9.59 Å². The molecule has 2 N–H and O–H groups in total. The van der Waals surface area contributed by atoms with Crippen LogP contribution in [0.15, 0.2) is 23.7 Å². The lowest BCUT2D eigenvalue weighted by Gasteiger charge is -2.37. The smallest absolute Gasteiger partial charge is 0.247 e. The van der Waals surface area contributed by atoms with Crippen LogP contribution in [0.3, 0.4) is 0 Å². The van der Waals surface area contributed by atoms with Crippen molar-refractivity contribution >= 4 is 18.0 Å². The minimum Gasteiger partial charge on any atom is -0.349 e. The lowest BCUT2D eigenvalue weighted by atomic mass is 9.83. The van der Waals surface area contributed by atoms with E-state index in [0.29, 0.717) is 12.6 Å². The summed E-state index contributed by atoms with van der Waals surface area (Å²) in [7, 11) is 0. The lowest BCUT2D eigenvalue weighted by Crippen LogP contribution is -2.55. The lowest BCUT2D eigenvalue weighted by molar-refractivity contribution is -0.140. The fraction of sp³-hybridized carbons (Fsp3) is 0.650. The van der Waals surface area contributed by atoms with Gasteiger partial charge >= 0.3 is 0 Å². The number of nitrogens with zero attached hydrogens (tertiary/aromatic N) is 4. The standard InChI is InChI=1S/C20H28N6O2/c1-13-17(25-19-14-3-2-4-15(19)6-5-14)10-24-26(20(13)28)11-18(27)22-9-16-7-8-21-12-23-16/h7-8,10,12-15,17,19,25H,2-6,9,11H2,1H3,(H,22,27). The quantitative estimate of drug-likeness (QED) is 0.765. The molecular weight excluding hydrogens is 356 g/mol. The molecule has 4 rings (SSSR count). The van der Waals surface area contributed by atoms with Crippen LogP contribution in [0.25, 0.3) is 0 Å². The molecule has 1 aromatic heterocycles. The number of hydrazone groups is 1. The Bertz CT molecular complexity index is 723. The molecular formula is C20H28N6O2. The van der Waals surface area contributed by atoms with Crippen LogP contribution in [0.4, 0.5) is 0 Å². The van der Waals surface area contributed by atoms with Gasteiger partial charge in [0, 0.05) is 18.5 Å². The van der Waals surface area contributed by atoms with Crippen LogP contribution in [0.2, 0.25) is 0 Å². The number of aromatic nitrogens is 2. The van der Waals surface area contributed by atoms with E-state index in [9.17, 15) is 9.59 Å². The highest BCUT2D eigenvalue weighted by Gasteiger charge is 2.41. The molecule has 150 valence electrons. The Morgan fingerprint density at radius 3 is 2.75 bits per heavy atom. The van der Waals surface area contributed by atoms with Crippen molar-refractivity contribution in [2.75, 3.05) is 6.54 Å². The van der Waals surface area contributed by atoms with Crippen molar-refractivity contribution in [1.29, 1.82) is 0 Å². The highest BCUT2D eigenvalue weighted by molar-refractivity contribution is 5.90. The second-order valence-electron chi connectivity index (χ2n) is 8.17. The monoisotopic (exact) mass is 384 g/mol. The third-order valence-electron chi connectivity index (χ3n) is 6.41. The van der Waals surface area contributed by atoms with Crippen LogP contribution < -0.4 is 10.6 Å².